The number of nitrogens with two attached hydrogens (primary N) is 1. The number of anilines is 1. The van der Waals surface area contributed by atoms with Crippen LogP contribution in [-0.2, 0) is 0 Å². The van der Waals surface area contributed by atoms with Crippen molar-refractivity contribution < 1.29 is 4.74 Å². The predicted octanol–water partition coefficient (Wildman–Crippen LogP) is 2.22. The van der Waals surface area contributed by atoms with Crippen LogP contribution in [0.2, 0.25) is 0 Å². The summed E-state index contributed by atoms with van der Waals surface area (Å²) in [5.41, 5.74) is 9.29. The van der Waals surface area contributed by atoms with Gasteiger partial charge in [0.2, 0.25) is 0 Å². The van der Waals surface area contributed by atoms with E-state index in [1.807, 2.05) is 24.3 Å². The summed E-state index contributed by atoms with van der Waals surface area (Å²) in [6.45, 7) is 0. The fourth-order valence-corrected chi connectivity index (χ4v) is 1.96. The lowest BCUT2D eigenvalue weighted by atomic mass is 10.1. The Balaban J connectivity index is 2.25. The van der Waals surface area contributed by atoms with Crippen molar-refractivity contribution >= 4 is 17.0 Å². The van der Waals surface area contributed by atoms with Crippen molar-refractivity contribution in [1.82, 2.24) is 15.0 Å². The standard InChI is InChI=1S/C13H12N4O/c1-18-11-6-9(8-3-2-4-15-7-8)5-10-12(11)17-13(14)16-10/h2-7H,1H3,(H3,14,16,17). The van der Waals surface area contributed by atoms with Crippen LogP contribution in [0.25, 0.3) is 22.2 Å². The minimum atomic E-state index is 0.381. The number of methoxy groups -OCH3 is 1. The lowest BCUT2D eigenvalue weighted by molar-refractivity contribution is 0.419. The molecule has 0 spiro atoms. The van der Waals surface area contributed by atoms with E-state index in [2.05, 4.69) is 15.0 Å². The first-order chi connectivity index (χ1) is 8.78. The van der Waals surface area contributed by atoms with Gasteiger partial charge < -0.3 is 15.5 Å². The van der Waals surface area contributed by atoms with Crippen LogP contribution in [0.5, 0.6) is 5.75 Å². The lowest BCUT2D eigenvalue weighted by Gasteiger charge is -2.05. The molecule has 2 heterocycles. The van der Waals surface area contributed by atoms with Crippen LogP contribution < -0.4 is 10.5 Å². The third kappa shape index (κ3) is 1.66. The van der Waals surface area contributed by atoms with E-state index in [1.54, 1.807) is 19.5 Å². The number of nitrogens with one attached hydrogen (secondary N) is 1. The predicted molar refractivity (Wildman–Crippen MR) is 70.3 cm³/mol. The molecule has 1 aromatic carbocycles. The molecule has 0 saturated carbocycles. The van der Waals surface area contributed by atoms with Crippen molar-refractivity contribution in [1.29, 1.82) is 0 Å². The Morgan fingerprint density at radius 3 is 2.89 bits per heavy atom. The molecule has 0 radical (unpaired) electrons. The third-order valence-electron chi connectivity index (χ3n) is 2.78. The molecule has 0 saturated heterocycles. The average Bonchev–Trinajstić information content (AvgIpc) is 2.78. The first-order valence-electron chi connectivity index (χ1n) is 5.51. The van der Waals surface area contributed by atoms with Gasteiger partial charge in [0.1, 0.15) is 11.3 Å². The maximum Gasteiger partial charge on any atom is 0.198 e. The molecule has 5 nitrogen and oxygen atoms in total. The first-order valence-corrected chi connectivity index (χ1v) is 5.51. The molecule has 0 aliphatic carbocycles. The fourth-order valence-electron chi connectivity index (χ4n) is 1.96. The highest BCUT2D eigenvalue weighted by Crippen LogP contribution is 2.31. The minimum absolute atomic E-state index is 0.381. The number of ether oxygens (including phenoxy) is 1. The zero-order valence-electron chi connectivity index (χ0n) is 9.84. The topological polar surface area (TPSA) is 76.8 Å². The number of H-pyrrole nitrogens is 1. The molecule has 3 N–H and O–H groups in total. The summed E-state index contributed by atoms with van der Waals surface area (Å²) < 4.78 is 5.34. The number of fused-ring (bicyclic) bond motifs is 1. The van der Waals surface area contributed by atoms with Crippen LogP contribution in [-0.4, -0.2) is 22.1 Å². The second kappa shape index (κ2) is 4.03. The van der Waals surface area contributed by atoms with Gasteiger partial charge >= 0.3 is 0 Å². The zero-order chi connectivity index (χ0) is 12.5. The molecular weight excluding hydrogens is 228 g/mol. The molecule has 0 unspecified atom stereocenters. The first kappa shape index (κ1) is 10.6. The van der Waals surface area contributed by atoms with Gasteiger partial charge in [0.05, 0.1) is 12.6 Å². The van der Waals surface area contributed by atoms with Crippen LogP contribution in [0.1, 0.15) is 0 Å². The Bertz CT molecular complexity index is 691. The molecule has 0 aliphatic rings. The van der Waals surface area contributed by atoms with E-state index < -0.39 is 0 Å². The molecule has 3 rings (SSSR count). The summed E-state index contributed by atoms with van der Waals surface area (Å²) in [7, 11) is 1.62. The van der Waals surface area contributed by atoms with Gasteiger partial charge in [0.15, 0.2) is 5.95 Å². The van der Waals surface area contributed by atoms with Crippen LogP contribution in [0, 0.1) is 0 Å². The van der Waals surface area contributed by atoms with Gasteiger partial charge in [-0.2, -0.15) is 0 Å². The molecule has 90 valence electrons. The van der Waals surface area contributed by atoms with Crippen LogP contribution in [0.3, 0.4) is 0 Å². The highest BCUT2D eigenvalue weighted by molar-refractivity contribution is 5.88. The molecule has 0 atom stereocenters. The zero-order valence-corrected chi connectivity index (χ0v) is 9.84. The SMILES string of the molecule is COc1cc(-c2cccnc2)cc2[nH]c(N)nc12. The molecule has 0 fully saturated rings. The Morgan fingerprint density at radius 2 is 2.17 bits per heavy atom. The summed E-state index contributed by atoms with van der Waals surface area (Å²) in [6, 6.07) is 7.80. The van der Waals surface area contributed by atoms with Crippen molar-refractivity contribution in [2.45, 2.75) is 0 Å². The number of nitrogen functional groups attached to an aromatic ring is 1. The Hall–Kier alpha value is -2.56. The van der Waals surface area contributed by atoms with E-state index in [0.717, 1.165) is 22.2 Å². The molecule has 0 bridgehead atoms. The summed E-state index contributed by atoms with van der Waals surface area (Å²) in [6.07, 6.45) is 3.55. The molecule has 5 heteroatoms. The maximum atomic E-state index is 5.67. The van der Waals surface area contributed by atoms with E-state index in [-0.39, 0.29) is 0 Å². The van der Waals surface area contributed by atoms with Crippen molar-refractivity contribution in [2.75, 3.05) is 12.8 Å². The minimum Gasteiger partial charge on any atom is -0.494 e. The van der Waals surface area contributed by atoms with Crippen molar-refractivity contribution in [3.05, 3.63) is 36.7 Å². The quantitative estimate of drug-likeness (QED) is 0.720. The number of aromatic amines is 1. The average molecular weight is 240 g/mol. The number of imidazole rings is 1. The van der Waals surface area contributed by atoms with E-state index >= 15 is 0 Å². The monoisotopic (exact) mass is 240 g/mol. The number of rotatable bonds is 2. The summed E-state index contributed by atoms with van der Waals surface area (Å²) in [4.78, 5) is 11.3. The second-order valence-corrected chi connectivity index (χ2v) is 3.94. The van der Waals surface area contributed by atoms with Crippen molar-refractivity contribution in [3.8, 4) is 16.9 Å². The molecule has 2 aromatic heterocycles. The van der Waals surface area contributed by atoms with E-state index in [0.29, 0.717) is 11.7 Å². The lowest BCUT2D eigenvalue weighted by Crippen LogP contribution is -1.87. The van der Waals surface area contributed by atoms with Crippen LogP contribution >= 0.6 is 0 Å². The van der Waals surface area contributed by atoms with Crippen molar-refractivity contribution in [2.24, 2.45) is 0 Å². The molecular formula is C13H12N4O. The van der Waals surface area contributed by atoms with Gasteiger partial charge in [-0.1, -0.05) is 6.07 Å². The third-order valence-corrected chi connectivity index (χ3v) is 2.78. The number of hydrogen-bond acceptors (Lipinski definition) is 4. The highest BCUT2D eigenvalue weighted by atomic mass is 16.5. The van der Waals surface area contributed by atoms with Crippen molar-refractivity contribution in [3.63, 3.8) is 0 Å². The Labute approximate surface area is 104 Å². The number of hydrogen-bond donors (Lipinski definition) is 2. The van der Waals surface area contributed by atoms with Gasteiger partial charge in [-0.3, -0.25) is 4.98 Å². The van der Waals surface area contributed by atoms with E-state index in [4.69, 9.17) is 10.5 Å². The highest BCUT2D eigenvalue weighted by Gasteiger charge is 2.10. The summed E-state index contributed by atoms with van der Waals surface area (Å²) in [5.74, 6) is 1.07. The number of nitrogens with zero attached hydrogens (tertiary/aromatic N) is 2. The molecule has 0 aliphatic heterocycles. The number of aromatic nitrogens is 3. The Kier molecular flexibility index (Phi) is 2.37. The molecule has 3 aromatic rings. The summed E-state index contributed by atoms with van der Waals surface area (Å²) in [5, 5.41) is 0. The van der Waals surface area contributed by atoms with Gasteiger partial charge in [-0.15, -0.1) is 0 Å². The van der Waals surface area contributed by atoms with Crippen LogP contribution in [0.4, 0.5) is 5.95 Å². The number of benzene rings is 1. The number of pyridine rings is 1. The summed E-state index contributed by atoms with van der Waals surface area (Å²) >= 11 is 0. The van der Waals surface area contributed by atoms with E-state index in [9.17, 15) is 0 Å². The largest absolute Gasteiger partial charge is 0.494 e. The maximum absolute atomic E-state index is 5.67. The van der Waals surface area contributed by atoms with Gasteiger partial charge in [-0.25, -0.2) is 4.98 Å². The second-order valence-electron chi connectivity index (χ2n) is 3.94. The fraction of sp³-hybridized carbons (Fsp3) is 0.0769. The molecule has 18 heavy (non-hydrogen) atoms. The van der Waals surface area contributed by atoms with E-state index in [1.165, 1.54) is 0 Å². The molecule has 0 amide bonds. The van der Waals surface area contributed by atoms with Crippen LogP contribution in [0.15, 0.2) is 36.7 Å². The Morgan fingerprint density at radius 1 is 1.28 bits per heavy atom. The van der Waals surface area contributed by atoms with Gasteiger partial charge in [-0.05, 0) is 23.8 Å². The van der Waals surface area contributed by atoms with Gasteiger partial charge in [0, 0.05) is 18.0 Å². The normalized spacial score (nSPS) is 10.7. The smallest absolute Gasteiger partial charge is 0.198 e. The van der Waals surface area contributed by atoms with Gasteiger partial charge in [0.25, 0.3) is 0 Å².